The van der Waals surface area contributed by atoms with Crippen molar-refractivity contribution < 1.29 is 14.4 Å². The molecule has 0 radical (unpaired) electrons. The van der Waals surface area contributed by atoms with Gasteiger partial charge in [0.2, 0.25) is 17.7 Å². The Hall–Kier alpha value is -3.78. The topological polar surface area (TPSA) is 100 Å². The molecule has 3 N–H and O–H groups in total. The molecular formula is C22H20N4O3S. The van der Waals surface area contributed by atoms with E-state index in [4.69, 9.17) is 0 Å². The number of anilines is 3. The van der Waals surface area contributed by atoms with E-state index in [0.717, 1.165) is 5.56 Å². The van der Waals surface area contributed by atoms with E-state index in [9.17, 15) is 14.4 Å². The summed E-state index contributed by atoms with van der Waals surface area (Å²) in [5, 5.41) is 10.3. The zero-order valence-corrected chi connectivity index (χ0v) is 17.0. The lowest BCUT2D eigenvalue weighted by Crippen LogP contribution is -2.15. The molecule has 0 fully saturated rings. The lowest BCUT2D eigenvalue weighted by Gasteiger charge is -2.06. The highest BCUT2D eigenvalue weighted by molar-refractivity contribution is 7.14. The van der Waals surface area contributed by atoms with E-state index in [2.05, 4.69) is 20.9 Å². The van der Waals surface area contributed by atoms with Crippen LogP contribution in [0.5, 0.6) is 0 Å². The molecule has 7 nitrogen and oxygen atoms in total. The molecule has 0 bridgehead atoms. The minimum atomic E-state index is -0.288. The van der Waals surface area contributed by atoms with E-state index >= 15 is 0 Å². The summed E-state index contributed by atoms with van der Waals surface area (Å²) in [4.78, 5) is 39.5. The molecule has 3 rings (SSSR count). The van der Waals surface area contributed by atoms with Gasteiger partial charge in [0.1, 0.15) is 0 Å². The van der Waals surface area contributed by atoms with Crippen molar-refractivity contribution in [3.8, 4) is 0 Å². The van der Waals surface area contributed by atoms with E-state index in [1.165, 1.54) is 24.3 Å². The molecule has 0 aliphatic heterocycles. The van der Waals surface area contributed by atoms with Crippen LogP contribution >= 0.6 is 11.3 Å². The Labute approximate surface area is 177 Å². The van der Waals surface area contributed by atoms with Gasteiger partial charge in [-0.05, 0) is 35.9 Å². The fourth-order valence-electron chi connectivity index (χ4n) is 2.54. The Morgan fingerprint density at radius 2 is 1.60 bits per heavy atom. The monoisotopic (exact) mass is 420 g/mol. The van der Waals surface area contributed by atoms with Crippen LogP contribution in [0.15, 0.2) is 66.1 Å². The van der Waals surface area contributed by atoms with Crippen LogP contribution in [0.25, 0.3) is 6.08 Å². The van der Waals surface area contributed by atoms with Gasteiger partial charge in [-0.1, -0.05) is 30.3 Å². The van der Waals surface area contributed by atoms with Crippen molar-refractivity contribution in [2.24, 2.45) is 0 Å². The van der Waals surface area contributed by atoms with Crippen LogP contribution in [0.1, 0.15) is 18.2 Å². The number of thiazole rings is 1. The van der Waals surface area contributed by atoms with E-state index in [0.29, 0.717) is 22.2 Å². The largest absolute Gasteiger partial charge is 0.326 e. The molecule has 8 heteroatoms. The van der Waals surface area contributed by atoms with Crippen LogP contribution in [0.2, 0.25) is 0 Å². The molecule has 0 spiro atoms. The van der Waals surface area contributed by atoms with Gasteiger partial charge in [-0.15, -0.1) is 11.3 Å². The van der Waals surface area contributed by atoms with Gasteiger partial charge in [-0.2, -0.15) is 0 Å². The van der Waals surface area contributed by atoms with E-state index in [1.54, 1.807) is 35.7 Å². The van der Waals surface area contributed by atoms with E-state index in [-0.39, 0.29) is 24.1 Å². The normalized spacial score (nSPS) is 10.6. The zero-order valence-electron chi connectivity index (χ0n) is 16.2. The third-order valence-corrected chi connectivity index (χ3v) is 4.65. The fourth-order valence-corrected chi connectivity index (χ4v) is 3.25. The number of nitrogens with one attached hydrogen (secondary N) is 3. The Kier molecular flexibility index (Phi) is 7.07. The molecule has 152 valence electrons. The summed E-state index contributed by atoms with van der Waals surface area (Å²) in [6, 6.07) is 16.3. The number of nitrogens with zero attached hydrogens (tertiary/aromatic N) is 1. The molecule has 2 aromatic carbocycles. The van der Waals surface area contributed by atoms with Crippen LogP contribution in [-0.4, -0.2) is 22.7 Å². The van der Waals surface area contributed by atoms with Crippen LogP contribution < -0.4 is 16.0 Å². The molecule has 0 atom stereocenters. The first-order valence-electron chi connectivity index (χ1n) is 9.14. The second kappa shape index (κ2) is 10.1. The Morgan fingerprint density at radius 3 is 2.27 bits per heavy atom. The lowest BCUT2D eigenvalue weighted by molar-refractivity contribution is -0.116. The summed E-state index contributed by atoms with van der Waals surface area (Å²) < 4.78 is 0. The maximum atomic E-state index is 12.2. The van der Waals surface area contributed by atoms with E-state index < -0.39 is 0 Å². The number of hydrogen-bond acceptors (Lipinski definition) is 5. The molecule has 0 saturated heterocycles. The lowest BCUT2D eigenvalue weighted by atomic mass is 10.2. The predicted octanol–water partition coefficient (Wildman–Crippen LogP) is 3.93. The highest BCUT2D eigenvalue weighted by atomic mass is 32.1. The summed E-state index contributed by atoms with van der Waals surface area (Å²) >= 11 is 1.26. The molecule has 0 aliphatic carbocycles. The second-order valence-corrected chi connectivity index (χ2v) is 7.22. The molecule has 1 aromatic heterocycles. The van der Waals surface area contributed by atoms with Crippen LogP contribution in [0.3, 0.4) is 0 Å². The van der Waals surface area contributed by atoms with Gasteiger partial charge < -0.3 is 10.6 Å². The van der Waals surface area contributed by atoms with Gasteiger partial charge in [0.15, 0.2) is 5.13 Å². The Bertz CT molecular complexity index is 1060. The van der Waals surface area contributed by atoms with Crippen molar-refractivity contribution in [1.29, 1.82) is 0 Å². The molecule has 0 saturated carbocycles. The van der Waals surface area contributed by atoms with Gasteiger partial charge in [0, 0.05) is 29.8 Å². The number of amides is 3. The highest BCUT2D eigenvalue weighted by Crippen LogP contribution is 2.17. The summed E-state index contributed by atoms with van der Waals surface area (Å²) in [6.45, 7) is 1.43. The first-order valence-corrected chi connectivity index (χ1v) is 10.0. The average molecular weight is 420 g/mol. The SMILES string of the molecule is CC(=O)Nc1ccc(NC(=O)Cc2csc(NC(=O)/C=C/c3ccccc3)n2)cc1. The molecule has 3 amide bonds. The number of rotatable bonds is 7. The van der Waals surface area contributed by atoms with Gasteiger partial charge in [-0.3, -0.25) is 19.7 Å². The average Bonchev–Trinajstić information content (AvgIpc) is 3.14. The summed E-state index contributed by atoms with van der Waals surface area (Å²) in [5.74, 6) is -0.674. The minimum absolute atomic E-state index is 0.0830. The smallest absolute Gasteiger partial charge is 0.250 e. The first-order chi connectivity index (χ1) is 14.5. The van der Waals surface area contributed by atoms with Crippen molar-refractivity contribution in [3.05, 3.63) is 77.3 Å². The minimum Gasteiger partial charge on any atom is -0.326 e. The maximum Gasteiger partial charge on any atom is 0.250 e. The quantitative estimate of drug-likeness (QED) is 0.504. The summed E-state index contributed by atoms with van der Waals surface area (Å²) in [5.41, 5.74) is 2.76. The molecule has 30 heavy (non-hydrogen) atoms. The molecule has 3 aromatic rings. The molecule has 0 aliphatic rings. The van der Waals surface area contributed by atoms with Crippen LogP contribution in [0.4, 0.5) is 16.5 Å². The molecule has 0 unspecified atom stereocenters. The maximum absolute atomic E-state index is 12.2. The molecular weight excluding hydrogens is 400 g/mol. The highest BCUT2D eigenvalue weighted by Gasteiger charge is 2.09. The van der Waals surface area contributed by atoms with Gasteiger partial charge in [-0.25, -0.2) is 4.98 Å². The third-order valence-electron chi connectivity index (χ3n) is 3.84. The molecule has 1 heterocycles. The van der Waals surface area contributed by atoms with Gasteiger partial charge in [0.25, 0.3) is 0 Å². The van der Waals surface area contributed by atoms with Crippen molar-refractivity contribution in [1.82, 2.24) is 4.98 Å². The number of aromatic nitrogens is 1. The third kappa shape index (κ3) is 6.68. The van der Waals surface area contributed by atoms with Crippen LogP contribution in [0, 0.1) is 0 Å². The first kappa shape index (κ1) is 20.9. The zero-order chi connectivity index (χ0) is 21.3. The summed E-state index contributed by atoms with van der Waals surface area (Å²) in [7, 11) is 0. The van der Waals surface area contributed by atoms with Crippen molar-refractivity contribution in [2.75, 3.05) is 16.0 Å². The van der Waals surface area contributed by atoms with Crippen LogP contribution in [-0.2, 0) is 20.8 Å². The van der Waals surface area contributed by atoms with Crippen molar-refractivity contribution in [2.45, 2.75) is 13.3 Å². The second-order valence-electron chi connectivity index (χ2n) is 6.36. The van der Waals surface area contributed by atoms with Crippen molar-refractivity contribution >= 4 is 51.6 Å². The Balaban J connectivity index is 1.49. The van der Waals surface area contributed by atoms with E-state index in [1.807, 2.05) is 30.3 Å². The number of hydrogen-bond donors (Lipinski definition) is 3. The number of benzene rings is 2. The standard InChI is InChI=1S/C22H20N4O3S/c1-15(27)23-17-8-10-18(11-9-17)24-21(29)13-19-14-30-22(25-19)26-20(28)12-7-16-5-3-2-4-6-16/h2-12,14H,13H2,1H3,(H,23,27)(H,24,29)(H,25,26,28)/b12-7+. The number of carbonyl (C=O) groups is 3. The fraction of sp³-hybridized carbons (Fsp3) is 0.0909. The number of carbonyl (C=O) groups excluding carboxylic acids is 3. The van der Waals surface area contributed by atoms with Gasteiger partial charge in [0.05, 0.1) is 12.1 Å². The van der Waals surface area contributed by atoms with Crippen molar-refractivity contribution in [3.63, 3.8) is 0 Å². The summed E-state index contributed by atoms with van der Waals surface area (Å²) in [6.07, 6.45) is 3.24. The predicted molar refractivity (Wildman–Crippen MR) is 119 cm³/mol. The van der Waals surface area contributed by atoms with Gasteiger partial charge >= 0.3 is 0 Å². The Morgan fingerprint density at radius 1 is 0.933 bits per heavy atom.